The van der Waals surface area contributed by atoms with Gasteiger partial charge in [-0.1, -0.05) is 45.0 Å². The van der Waals surface area contributed by atoms with Gasteiger partial charge in [-0.3, -0.25) is 4.31 Å². The van der Waals surface area contributed by atoms with Gasteiger partial charge in [0.15, 0.2) is 0 Å². The lowest BCUT2D eigenvalue weighted by atomic mass is 9.87. The van der Waals surface area contributed by atoms with Gasteiger partial charge in [0.1, 0.15) is 11.4 Å². The van der Waals surface area contributed by atoms with Crippen LogP contribution in [0.1, 0.15) is 37.5 Å². The number of hydrogen-bond acceptors (Lipinski definition) is 6. The van der Waals surface area contributed by atoms with Crippen LogP contribution in [0, 0.1) is 0 Å². The first-order valence-electron chi connectivity index (χ1n) is 10.7. The second-order valence-electron chi connectivity index (χ2n) is 9.16. The Labute approximate surface area is 203 Å². The minimum Gasteiger partial charge on any atom is -0.365 e. The lowest BCUT2D eigenvalue weighted by Gasteiger charge is -2.19. The molecule has 2 aromatic carbocycles. The average Bonchev–Trinajstić information content (AvgIpc) is 2.76. The molecule has 0 aliphatic rings. The second-order valence-corrected chi connectivity index (χ2v) is 11.2. The van der Waals surface area contributed by atoms with Crippen LogP contribution in [0.25, 0.3) is 0 Å². The number of benzene rings is 2. The number of sulfonamides is 1. The molecule has 1 aromatic heterocycles. The molecule has 0 bridgehead atoms. The number of rotatable bonds is 7. The third-order valence-corrected chi connectivity index (χ3v) is 6.54. The quantitative estimate of drug-likeness (QED) is 0.436. The number of hydrogen-bond donors (Lipinski definition) is 2. The normalized spacial score (nSPS) is 12.3. The van der Waals surface area contributed by atoms with Gasteiger partial charge in [-0.15, -0.1) is 0 Å². The van der Waals surface area contributed by atoms with Crippen LogP contribution < -0.4 is 14.9 Å². The molecule has 3 aromatic rings. The third kappa shape index (κ3) is 6.84. The molecule has 188 valence electrons. The van der Waals surface area contributed by atoms with Gasteiger partial charge in [0.25, 0.3) is 0 Å². The van der Waals surface area contributed by atoms with Gasteiger partial charge in [-0.25, -0.2) is 13.4 Å². The Morgan fingerprint density at radius 3 is 2.26 bits per heavy atom. The van der Waals surface area contributed by atoms with Gasteiger partial charge in [0.2, 0.25) is 16.0 Å². The van der Waals surface area contributed by atoms with Crippen LogP contribution in [0.15, 0.2) is 54.7 Å². The molecule has 0 aliphatic heterocycles. The first-order valence-corrected chi connectivity index (χ1v) is 12.6. The summed E-state index contributed by atoms with van der Waals surface area (Å²) in [6.45, 7) is 6.25. The highest BCUT2D eigenvalue weighted by Crippen LogP contribution is 2.34. The molecule has 0 fully saturated rings. The van der Waals surface area contributed by atoms with Crippen LogP contribution in [-0.4, -0.2) is 31.7 Å². The van der Waals surface area contributed by atoms with Crippen molar-refractivity contribution in [3.8, 4) is 0 Å². The van der Waals surface area contributed by atoms with E-state index in [-0.39, 0.29) is 23.7 Å². The molecule has 0 radical (unpaired) electrons. The van der Waals surface area contributed by atoms with Gasteiger partial charge < -0.3 is 10.6 Å². The first-order chi connectivity index (χ1) is 16.1. The van der Waals surface area contributed by atoms with E-state index in [0.29, 0.717) is 16.9 Å². The molecule has 3 rings (SSSR count). The fourth-order valence-electron chi connectivity index (χ4n) is 3.21. The van der Waals surface area contributed by atoms with E-state index in [1.165, 1.54) is 7.05 Å². The number of aromatic nitrogens is 2. The zero-order valence-electron chi connectivity index (χ0n) is 20.1. The molecule has 11 heteroatoms. The van der Waals surface area contributed by atoms with E-state index < -0.39 is 21.8 Å². The molecule has 0 saturated heterocycles. The van der Waals surface area contributed by atoms with Crippen LogP contribution in [-0.2, 0) is 28.2 Å². The minimum absolute atomic E-state index is 0.00868. The maximum absolute atomic E-state index is 13.6. The van der Waals surface area contributed by atoms with Crippen molar-refractivity contribution >= 4 is 33.2 Å². The Kier molecular flexibility index (Phi) is 7.30. The lowest BCUT2D eigenvalue weighted by molar-refractivity contribution is -0.137. The summed E-state index contributed by atoms with van der Waals surface area (Å²) in [7, 11) is -2.07. The maximum Gasteiger partial charge on any atom is 0.421 e. The van der Waals surface area contributed by atoms with E-state index in [1.807, 2.05) is 24.3 Å². The summed E-state index contributed by atoms with van der Waals surface area (Å²) in [5.74, 6) is -0.377. The van der Waals surface area contributed by atoms with Gasteiger partial charge in [-0.05, 0) is 40.8 Å². The topological polar surface area (TPSA) is 87.2 Å². The highest BCUT2D eigenvalue weighted by Gasteiger charge is 2.35. The Bertz CT molecular complexity index is 1290. The fraction of sp³-hybridized carbons (Fsp3) is 0.333. The van der Waals surface area contributed by atoms with Crippen LogP contribution >= 0.6 is 0 Å². The standard InChI is InChI=1S/C24H28F3N5O2S/c1-23(2,3)17-9-11-18(12-10-17)30-22-29-15-20(24(25,26)27)21(31-22)28-14-16-7-6-8-19(13-16)32(4)35(5,33)34/h6-13,15H,14H2,1-5H3,(H2,28,29,30,31). The van der Waals surface area contributed by atoms with E-state index in [1.54, 1.807) is 24.3 Å². The van der Waals surface area contributed by atoms with Crippen molar-refractivity contribution in [3.63, 3.8) is 0 Å². The largest absolute Gasteiger partial charge is 0.421 e. The summed E-state index contributed by atoms with van der Waals surface area (Å²) >= 11 is 0. The van der Waals surface area contributed by atoms with Gasteiger partial charge in [-0.2, -0.15) is 18.2 Å². The van der Waals surface area contributed by atoms with E-state index in [2.05, 4.69) is 41.4 Å². The molecule has 0 saturated carbocycles. The summed E-state index contributed by atoms with van der Waals surface area (Å²) in [4.78, 5) is 7.89. The van der Waals surface area contributed by atoms with Gasteiger partial charge in [0.05, 0.1) is 11.9 Å². The number of halogens is 3. The second kappa shape index (κ2) is 9.73. The molecule has 0 spiro atoms. The van der Waals surface area contributed by atoms with Crippen LogP contribution in [0.4, 0.5) is 36.3 Å². The van der Waals surface area contributed by atoms with Crippen LogP contribution in [0.5, 0.6) is 0 Å². The highest BCUT2D eigenvalue weighted by atomic mass is 32.2. The monoisotopic (exact) mass is 507 g/mol. The van der Waals surface area contributed by atoms with E-state index >= 15 is 0 Å². The van der Waals surface area contributed by atoms with E-state index in [4.69, 9.17) is 0 Å². The summed E-state index contributed by atoms with van der Waals surface area (Å²) in [6, 6.07) is 14.0. The SMILES string of the molecule is CN(c1cccc(CNc2nc(Nc3ccc(C(C)(C)C)cc3)ncc2C(F)(F)F)c1)S(C)(=O)=O. The Hall–Kier alpha value is -3.34. The number of nitrogens with zero attached hydrogens (tertiary/aromatic N) is 3. The number of nitrogens with one attached hydrogen (secondary N) is 2. The zero-order chi connectivity index (χ0) is 26.0. The maximum atomic E-state index is 13.6. The van der Waals surface area contributed by atoms with Crippen molar-refractivity contribution in [2.45, 2.75) is 38.9 Å². The average molecular weight is 508 g/mol. The van der Waals surface area contributed by atoms with Crippen molar-refractivity contribution in [1.82, 2.24) is 9.97 Å². The van der Waals surface area contributed by atoms with Crippen molar-refractivity contribution in [1.29, 1.82) is 0 Å². The van der Waals surface area contributed by atoms with Gasteiger partial charge >= 0.3 is 6.18 Å². The van der Waals surface area contributed by atoms with E-state index in [0.717, 1.165) is 22.3 Å². The zero-order valence-corrected chi connectivity index (χ0v) is 20.9. The highest BCUT2D eigenvalue weighted by molar-refractivity contribution is 7.92. The summed E-state index contributed by atoms with van der Waals surface area (Å²) < 4.78 is 65.4. The van der Waals surface area contributed by atoms with Crippen LogP contribution in [0.3, 0.4) is 0 Å². The van der Waals surface area contributed by atoms with Crippen LogP contribution in [0.2, 0.25) is 0 Å². The molecule has 35 heavy (non-hydrogen) atoms. The minimum atomic E-state index is -4.66. The predicted molar refractivity (Wildman–Crippen MR) is 132 cm³/mol. The molecule has 0 aliphatic carbocycles. The molecular formula is C24H28F3N5O2S. The molecular weight excluding hydrogens is 479 g/mol. The van der Waals surface area contributed by atoms with Crippen molar-refractivity contribution in [2.75, 3.05) is 28.2 Å². The summed E-state index contributed by atoms with van der Waals surface area (Å²) in [5, 5.41) is 5.65. The first kappa shape index (κ1) is 26.3. The van der Waals surface area contributed by atoms with Gasteiger partial charge in [0, 0.05) is 25.5 Å². The Morgan fingerprint density at radius 1 is 1.03 bits per heavy atom. The smallest absolute Gasteiger partial charge is 0.365 e. The molecule has 0 amide bonds. The molecule has 0 unspecified atom stereocenters. The van der Waals surface area contributed by atoms with Crippen molar-refractivity contribution in [2.24, 2.45) is 0 Å². The fourth-order valence-corrected chi connectivity index (χ4v) is 3.70. The number of anilines is 4. The van der Waals surface area contributed by atoms with Crippen molar-refractivity contribution in [3.05, 3.63) is 71.4 Å². The molecule has 0 atom stereocenters. The molecule has 1 heterocycles. The van der Waals surface area contributed by atoms with E-state index in [9.17, 15) is 21.6 Å². The molecule has 7 nitrogen and oxygen atoms in total. The Balaban J connectivity index is 1.84. The summed E-state index contributed by atoms with van der Waals surface area (Å²) in [6.07, 6.45) is -2.86. The lowest BCUT2D eigenvalue weighted by Crippen LogP contribution is -2.24. The number of alkyl halides is 3. The predicted octanol–water partition coefficient (Wildman–Crippen LogP) is 5.54. The summed E-state index contributed by atoms with van der Waals surface area (Å²) in [5.41, 5.74) is 1.69. The Morgan fingerprint density at radius 2 is 1.69 bits per heavy atom. The molecule has 2 N–H and O–H groups in total. The van der Waals surface area contributed by atoms with Crippen molar-refractivity contribution < 1.29 is 21.6 Å². The third-order valence-electron chi connectivity index (χ3n) is 5.33.